The molecule has 0 N–H and O–H groups in total. The summed E-state index contributed by atoms with van der Waals surface area (Å²) >= 11 is 0. The summed E-state index contributed by atoms with van der Waals surface area (Å²) in [5.74, 6) is 0.636. The van der Waals surface area contributed by atoms with Gasteiger partial charge in [-0.2, -0.15) is 5.10 Å². The van der Waals surface area contributed by atoms with Crippen LogP contribution in [0.25, 0.3) is 11.4 Å². The van der Waals surface area contributed by atoms with Crippen molar-refractivity contribution in [2.75, 3.05) is 0 Å². The van der Waals surface area contributed by atoms with Crippen LogP contribution in [0, 0.1) is 6.20 Å². The van der Waals surface area contributed by atoms with Crippen LogP contribution in [0.4, 0.5) is 0 Å². The molecule has 89 valence electrons. The zero-order valence-corrected chi connectivity index (χ0v) is 10.0. The van der Waals surface area contributed by atoms with Gasteiger partial charge in [0, 0.05) is 24.4 Å². The standard InChI is InChI=1S/C14H13N4/c1-3-6-11-10-17-18-12(7-4-2)13(11)14-15-8-5-9-16-14/h3-5,8-9H,1-2,6-7H2. The first kappa shape index (κ1) is 12.1. The van der Waals surface area contributed by atoms with E-state index in [9.17, 15) is 0 Å². The Labute approximate surface area is 106 Å². The lowest BCUT2D eigenvalue weighted by molar-refractivity contribution is 0.918. The Kier molecular flexibility index (Phi) is 3.91. The molecule has 0 fully saturated rings. The van der Waals surface area contributed by atoms with Crippen molar-refractivity contribution in [3.63, 3.8) is 0 Å². The first-order chi connectivity index (χ1) is 8.86. The van der Waals surface area contributed by atoms with Crippen LogP contribution < -0.4 is 0 Å². The van der Waals surface area contributed by atoms with E-state index in [4.69, 9.17) is 0 Å². The van der Waals surface area contributed by atoms with Gasteiger partial charge in [0.25, 0.3) is 0 Å². The van der Waals surface area contributed by atoms with E-state index in [-0.39, 0.29) is 0 Å². The quantitative estimate of drug-likeness (QED) is 0.748. The summed E-state index contributed by atoms with van der Waals surface area (Å²) in [7, 11) is 0. The molecule has 0 amide bonds. The highest BCUT2D eigenvalue weighted by Gasteiger charge is 2.13. The van der Waals surface area contributed by atoms with E-state index in [1.165, 1.54) is 0 Å². The second-order valence-electron chi connectivity index (χ2n) is 3.67. The van der Waals surface area contributed by atoms with Gasteiger partial charge in [0.15, 0.2) is 5.82 Å². The minimum Gasteiger partial charge on any atom is -0.237 e. The number of allylic oxidation sites excluding steroid dienone is 2. The predicted octanol–water partition coefficient (Wildman–Crippen LogP) is 2.19. The maximum absolute atomic E-state index is 4.27. The van der Waals surface area contributed by atoms with Crippen LogP contribution in [0.3, 0.4) is 0 Å². The van der Waals surface area contributed by atoms with Gasteiger partial charge >= 0.3 is 0 Å². The molecule has 0 spiro atoms. The number of rotatable bonds is 5. The van der Waals surface area contributed by atoms with Gasteiger partial charge in [-0.15, -0.1) is 18.3 Å². The van der Waals surface area contributed by atoms with Crippen LogP contribution in [0.5, 0.6) is 0 Å². The number of hydrogen-bond acceptors (Lipinski definition) is 4. The molecule has 2 aromatic rings. The molecule has 0 aliphatic heterocycles. The predicted molar refractivity (Wildman–Crippen MR) is 69.7 cm³/mol. The number of nitrogens with zero attached hydrogens (tertiary/aromatic N) is 4. The highest BCUT2D eigenvalue weighted by molar-refractivity contribution is 5.62. The Morgan fingerprint density at radius 1 is 1.11 bits per heavy atom. The lowest BCUT2D eigenvalue weighted by atomic mass is 10.0. The summed E-state index contributed by atoms with van der Waals surface area (Å²) in [5.41, 5.74) is 2.60. The molecular formula is C14H13N4. The third-order valence-electron chi connectivity index (χ3n) is 2.42. The summed E-state index contributed by atoms with van der Waals surface area (Å²) in [6.45, 7) is 7.46. The minimum atomic E-state index is 0.624. The van der Waals surface area contributed by atoms with E-state index < -0.39 is 0 Å². The largest absolute Gasteiger partial charge is 0.237 e. The first-order valence-electron chi connectivity index (χ1n) is 5.62. The van der Waals surface area contributed by atoms with Crippen molar-refractivity contribution >= 4 is 0 Å². The minimum absolute atomic E-state index is 0.624. The molecule has 2 rings (SSSR count). The molecule has 0 saturated carbocycles. The molecule has 0 saturated heterocycles. The molecule has 0 bridgehead atoms. The van der Waals surface area contributed by atoms with E-state index in [2.05, 4.69) is 39.5 Å². The average Bonchev–Trinajstić information content (AvgIpc) is 2.41. The highest BCUT2D eigenvalue weighted by atomic mass is 15.1. The average molecular weight is 237 g/mol. The molecule has 0 unspecified atom stereocenters. The second kappa shape index (κ2) is 5.82. The third kappa shape index (κ3) is 2.48. The molecule has 2 heterocycles. The van der Waals surface area contributed by atoms with Gasteiger partial charge in [-0.1, -0.05) is 12.2 Å². The van der Waals surface area contributed by atoms with E-state index >= 15 is 0 Å². The van der Waals surface area contributed by atoms with Crippen LogP contribution in [-0.4, -0.2) is 20.2 Å². The van der Waals surface area contributed by atoms with Gasteiger partial charge in [0.2, 0.25) is 0 Å². The maximum atomic E-state index is 4.27. The Bertz CT molecular complexity index is 521. The summed E-state index contributed by atoms with van der Waals surface area (Å²) < 4.78 is 0. The van der Waals surface area contributed by atoms with E-state index in [0.717, 1.165) is 16.8 Å². The van der Waals surface area contributed by atoms with Gasteiger partial charge in [0.1, 0.15) is 6.20 Å². The van der Waals surface area contributed by atoms with Crippen molar-refractivity contribution < 1.29 is 0 Å². The maximum Gasteiger partial charge on any atom is 0.161 e. The van der Waals surface area contributed by atoms with Crippen molar-refractivity contribution in [1.82, 2.24) is 20.2 Å². The molecular weight excluding hydrogens is 224 g/mol. The van der Waals surface area contributed by atoms with Gasteiger partial charge < -0.3 is 0 Å². The highest BCUT2D eigenvalue weighted by Crippen LogP contribution is 2.23. The van der Waals surface area contributed by atoms with Crippen molar-refractivity contribution in [3.8, 4) is 11.4 Å². The van der Waals surface area contributed by atoms with Crippen molar-refractivity contribution in [2.24, 2.45) is 0 Å². The Balaban J connectivity index is 2.59. The van der Waals surface area contributed by atoms with E-state index in [1.807, 2.05) is 0 Å². The number of aromatic nitrogens is 4. The molecule has 1 radical (unpaired) electrons. The van der Waals surface area contributed by atoms with Crippen molar-refractivity contribution in [2.45, 2.75) is 12.8 Å². The Morgan fingerprint density at radius 3 is 2.50 bits per heavy atom. The van der Waals surface area contributed by atoms with Gasteiger partial charge in [0.05, 0.1) is 5.69 Å². The topological polar surface area (TPSA) is 51.6 Å². The molecule has 18 heavy (non-hydrogen) atoms. The van der Waals surface area contributed by atoms with Crippen LogP contribution in [0.1, 0.15) is 11.3 Å². The molecule has 0 atom stereocenters. The van der Waals surface area contributed by atoms with Crippen LogP contribution in [0.15, 0.2) is 43.8 Å². The third-order valence-corrected chi connectivity index (χ3v) is 2.42. The number of hydrogen-bond donors (Lipinski definition) is 0. The summed E-state index contributed by atoms with van der Waals surface area (Å²) in [6, 6.07) is 1.78. The zero-order chi connectivity index (χ0) is 12.8. The molecule has 2 aromatic heterocycles. The molecule has 0 aliphatic carbocycles. The molecule has 4 heteroatoms. The Morgan fingerprint density at radius 2 is 1.83 bits per heavy atom. The lowest BCUT2D eigenvalue weighted by Crippen LogP contribution is -2.03. The van der Waals surface area contributed by atoms with Crippen LogP contribution >= 0.6 is 0 Å². The summed E-state index contributed by atoms with van der Waals surface area (Å²) in [6.07, 6.45) is 11.2. The monoisotopic (exact) mass is 237 g/mol. The zero-order valence-electron chi connectivity index (χ0n) is 10.0. The van der Waals surface area contributed by atoms with Crippen molar-refractivity contribution in [1.29, 1.82) is 0 Å². The molecule has 0 aliphatic rings. The van der Waals surface area contributed by atoms with E-state index in [0.29, 0.717) is 18.7 Å². The smallest absolute Gasteiger partial charge is 0.161 e. The first-order valence-corrected chi connectivity index (χ1v) is 5.62. The second-order valence-corrected chi connectivity index (χ2v) is 3.67. The normalized spacial score (nSPS) is 10.0. The SMILES string of the molecule is C=CCc1[c]nnc(CC=C)c1-c1ncccn1. The summed E-state index contributed by atoms with van der Waals surface area (Å²) in [4.78, 5) is 8.53. The molecule has 0 aromatic carbocycles. The van der Waals surface area contributed by atoms with Gasteiger partial charge in [-0.3, -0.25) is 0 Å². The van der Waals surface area contributed by atoms with Gasteiger partial charge in [-0.05, 0) is 18.1 Å². The fourth-order valence-corrected chi connectivity index (χ4v) is 1.69. The molecule has 4 nitrogen and oxygen atoms in total. The summed E-state index contributed by atoms with van der Waals surface area (Å²) in [5, 5.41) is 7.98. The fourth-order valence-electron chi connectivity index (χ4n) is 1.69. The van der Waals surface area contributed by atoms with Crippen molar-refractivity contribution in [3.05, 3.63) is 61.2 Å². The van der Waals surface area contributed by atoms with Crippen LogP contribution in [-0.2, 0) is 12.8 Å². The fraction of sp³-hybridized carbons (Fsp3) is 0.143. The van der Waals surface area contributed by atoms with Gasteiger partial charge in [-0.25, -0.2) is 9.97 Å². The lowest BCUT2D eigenvalue weighted by Gasteiger charge is -2.09. The Hall–Kier alpha value is -2.36. The van der Waals surface area contributed by atoms with E-state index in [1.54, 1.807) is 30.6 Å². The van der Waals surface area contributed by atoms with Crippen LogP contribution in [0.2, 0.25) is 0 Å².